The summed E-state index contributed by atoms with van der Waals surface area (Å²) in [7, 11) is 5.27. The van der Waals surface area contributed by atoms with Gasteiger partial charge in [-0.2, -0.15) is 4.98 Å². The second-order valence-electron chi connectivity index (χ2n) is 5.24. The Hall–Kier alpha value is -2.76. The Morgan fingerprint density at radius 1 is 1.17 bits per heavy atom. The van der Waals surface area contributed by atoms with Crippen molar-refractivity contribution in [3.05, 3.63) is 36.2 Å². The average Bonchev–Trinajstić information content (AvgIpc) is 2.94. The summed E-state index contributed by atoms with van der Waals surface area (Å²) >= 11 is 0. The van der Waals surface area contributed by atoms with Crippen molar-refractivity contribution >= 4 is 22.7 Å². The van der Waals surface area contributed by atoms with Gasteiger partial charge in [-0.05, 0) is 12.5 Å². The van der Waals surface area contributed by atoms with E-state index >= 15 is 0 Å². The fourth-order valence-electron chi connectivity index (χ4n) is 2.64. The van der Waals surface area contributed by atoms with E-state index in [1.807, 2.05) is 36.0 Å². The molecular formula is C17H20N4O2. The van der Waals surface area contributed by atoms with Gasteiger partial charge in [-0.1, -0.05) is 6.92 Å². The second kappa shape index (κ2) is 6.16. The number of benzene rings is 1. The predicted octanol–water partition coefficient (Wildman–Crippen LogP) is 3.29. The largest absolute Gasteiger partial charge is 0.496 e. The summed E-state index contributed by atoms with van der Waals surface area (Å²) in [5.74, 6) is 2.11. The number of methoxy groups -OCH3 is 2. The number of aromatic nitrogens is 3. The molecule has 2 heterocycles. The minimum Gasteiger partial charge on any atom is -0.496 e. The molecule has 3 aromatic rings. The number of nitrogens with one attached hydrogen (secondary N) is 1. The zero-order valence-corrected chi connectivity index (χ0v) is 13.8. The summed E-state index contributed by atoms with van der Waals surface area (Å²) in [6.07, 6.45) is 4.60. The minimum atomic E-state index is 0.535. The van der Waals surface area contributed by atoms with Gasteiger partial charge in [-0.15, -0.1) is 0 Å². The summed E-state index contributed by atoms with van der Waals surface area (Å²) in [4.78, 5) is 8.89. The van der Waals surface area contributed by atoms with E-state index in [2.05, 4.69) is 22.2 Å². The van der Waals surface area contributed by atoms with E-state index in [4.69, 9.17) is 9.47 Å². The molecule has 0 bridgehead atoms. The van der Waals surface area contributed by atoms with Gasteiger partial charge in [0.2, 0.25) is 5.95 Å². The van der Waals surface area contributed by atoms with Crippen LogP contribution in [0, 0.1) is 0 Å². The molecule has 0 fully saturated rings. The van der Waals surface area contributed by atoms with Crippen LogP contribution in [0.15, 0.2) is 30.6 Å². The third-order valence-electron chi connectivity index (χ3n) is 3.83. The number of fused-ring (bicyclic) bond motifs is 1. The summed E-state index contributed by atoms with van der Waals surface area (Å²) in [5.41, 5.74) is 2.75. The minimum absolute atomic E-state index is 0.535. The first-order valence-corrected chi connectivity index (χ1v) is 7.46. The van der Waals surface area contributed by atoms with Gasteiger partial charge in [0.05, 0.1) is 14.2 Å². The Morgan fingerprint density at radius 2 is 1.87 bits per heavy atom. The van der Waals surface area contributed by atoms with Crippen molar-refractivity contribution in [2.24, 2.45) is 7.05 Å². The molecule has 6 heteroatoms. The van der Waals surface area contributed by atoms with Gasteiger partial charge in [0.1, 0.15) is 17.1 Å². The molecule has 23 heavy (non-hydrogen) atoms. The molecule has 0 radical (unpaired) electrons. The highest BCUT2D eigenvalue weighted by atomic mass is 16.5. The van der Waals surface area contributed by atoms with Gasteiger partial charge in [0.25, 0.3) is 0 Å². The number of rotatable bonds is 5. The molecule has 0 aliphatic heterocycles. The van der Waals surface area contributed by atoms with Gasteiger partial charge in [-0.3, -0.25) is 0 Å². The van der Waals surface area contributed by atoms with Gasteiger partial charge < -0.3 is 19.4 Å². The van der Waals surface area contributed by atoms with Crippen LogP contribution in [0.3, 0.4) is 0 Å². The third-order valence-corrected chi connectivity index (χ3v) is 3.83. The standard InChI is InChI=1S/C17H20N4O2/c1-5-13-14(22-3)8-12(9-15(13)23-4)19-17-18-10-11-6-7-21(2)16(11)20-17/h6-10H,5H2,1-4H3,(H,18,19,20). The van der Waals surface area contributed by atoms with Crippen molar-refractivity contribution in [3.8, 4) is 11.5 Å². The maximum absolute atomic E-state index is 5.47. The third kappa shape index (κ3) is 2.79. The van der Waals surface area contributed by atoms with Crippen molar-refractivity contribution in [1.29, 1.82) is 0 Å². The normalized spacial score (nSPS) is 10.8. The van der Waals surface area contributed by atoms with E-state index in [1.165, 1.54) is 0 Å². The lowest BCUT2D eigenvalue weighted by Crippen LogP contribution is -2.01. The zero-order chi connectivity index (χ0) is 16.4. The lowest BCUT2D eigenvalue weighted by Gasteiger charge is -2.14. The zero-order valence-electron chi connectivity index (χ0n) is 13.8. The molecule has 120 valence electrons. The van der Waals surface area contributed by atoms with Crippen molar-refractivity contribution in [2.75, 3.05) is 19.5 Å². The van der Waals surface area contributed by atoms with E-state index < -0.39 is 0 Å². The second-order valence-corrected chi connectivity index (χ2v) is 5.24. The number of nitrogens with zero attached hydrogens (tertiary/aromatic N) is 3. The van der Waals surface area contributed by atoms with E-state index in [0.717, 1.165) is 40.2 Å². The van der Waals surface area contributed by atoms with Gasteiger partial charge in [-0.25, -0.2) is 4.98 Å². The average molecular weight is 312 g/mol. The first-order chi connectivity index (χ1) is 11.2. The highest BCUT2D eigenvalue weighted by molar-refractivity contribution is 5.77. The Balaban J connectivity index is 1.99. The Kier molecular flexibility index (Phi) is 4.06. The number of aryl methyl sites for hydroxylation is 1. The number of hydrogen-bond acceptors (Lipinski definition) is 5. The highest BCUT2D eigenvalue weighted by Gasteiger charge is 2.12. The first-order valence-electron chi connectivity index (χ1n) is 7.46. The van der Waals surface area contributed by atoms with Crippen LogP contribution in [0.5, 0.6) is 11.5 Å². The predicted molar refractivity (Wildman–Crippen MR) is 90.7 cm³/mol. The van der Waals surface area contributed by atoms with Crippen LogP contribution < -0.4 is 14.8 Å². The smallest absolute Gasteiger partial charge is 0.229 e. The Morgan fingerprint density at radius 3 is 2.48 bits per heavy atom. The van der Waals surface area contributed by atoms with Crippen LogP contribution in [0.4, 0.5) is 11.6 Å². The number of anilines is 2. The van der Waals surface area contributed by atoms with Crippen LogP contribution >= 0.6 is 0 Å². The quantitative estimate of drug-likeness (QED) is 0.783. The summed E-state index contributed by atoms with van der Waals surface area (Å²) in [6, 6.07) is 5.85. The number of hydrogen-bond donors (Lipinski definition) is 1. The molecule has 1 N–H and O–H groups in total. The van der Waals surface area contributed by atoms with Crippen LogP contribution in [0.25, 0.3) is 11.0 Å². The maximum Gasteiger partial charge on any atom is 0.229 e. The molecular weight excluding hydrogens is 292 g/mol. The maximum atomic E-state index is 5.47. The summed E-state index contributed by atoms with van der Waals surface area (Å²) < 4.78 is 12.9. The van der Waals surface area contributed by atoms with Crippen LogP contribution in [-0.4, -0.2) is 28.8 Å². The van der Waals surface area contributed by atoms with Crippen LogP contribution in [-0.2, 0) is 13.5 Å². The molecule has 3 rings (SSSR count). The molecule has 0 amide bonds. The van der Waals surface area contributed by atoms with E-state index in [1.54, 1.807) is 20.4 Å². The topological polar surface area (TPSA) is 61.2 Å². The molecule has 0 saturated carbocycles. The molecule has 0 aliphatic rings. The Labute approximate surface area is 135 Å². The van der Waals surface area contributed by atoms with Crippen molar-refractivity contribution in [3.63, 3.8) is 0 Å². The van der Waals surface area contributed by atoms with Gasteiger partial charge in [0.15, 0.2) is 0 Å². The van der Waals surface area contributed by atoms with E-state index in [-0.39, 0.29) is 0 Å². The van der Waals surface area contributed by atoms with Gasteiger partial charge in [0, 0.05) is 48.2 Å². The molecule has 0 atom stereocenters. The van der Waals surface area contributed by atoms with Crippen molar-refractivity contribution in [1.82, 2.24) is 14.5 Å². The van der Waals surface area contributed by atoms with E-state index in [0.29, 0.717) is 5.95 Å². The first kappa shape index (κ1) is 15.1. The molecule has 1 aromatic carbocycles. The van der Waals surface area contributed by atoms with Crippen LogP contribution in [0.2, 0.25) is 0 Å². The van der Waals surface area contributed by atoms with E-state index in [9.17, 15) is 0 Å². The highest BCUT2D eigenvalue weighted by Crippen LogP contribution is 2.34. The molecule has 0 unspecified atom stereocenters. The van der Waals surface area contributed by atoms with Crippen molar-refractivity contribution in [2.45, 2.75) is 13.3 Å². The molecule has 0 spiro atoms. The van der Waals surface area contributed by atoms with Crippen LogP contribution in [0.1, 0.15) is 12.5 Å². The molecule has 2 aromatic heterocycles. The summed E-state index contributed by atoms with van der Waals surface area (Å²) in [5, 5.41) is 4.23. The van der Waals surface area contributed by atoms with Crippen molar-refractivity contribution < 1.29 is 9.47 Å². The lowest BCUT2D eigenvalue weighted by atomic mass is 10.1. The fourth-order valence-corrected chi connectivity index (χ4v) is 2.64. The Bertz CT molecular complexity index is 817. The molecule has 0 aliphatic carbocycles. The monoisotopic (exact) mass is 312 g/mol. The number of ether oxygens (including phenoxy) is 2. The summed E-state index contributed by atoms with van der Waals surface area (Å²) in [6.45, 7) is 2.07. The molecule has 0 saturated heterocycles. The molecule has 6 nitrogen and oxygen atoms in total. The SMILES string of the molecule is CCc1c(OC)cc(Nc2ncc3ccn(C)c3n2)cc1OC. The fraction of sp³-hybridized carbons (Fsp3) is 0.294. The van der Waals surface area contributed by atoms with Gasteiger partial charge >= 0.3 is 0 Å². The lowest BCUT2D eigenvalue weighted by molar-refractivity contribution is 0.386.